The van der Waals surface area contributed by atoms with E-state index in [1.54, 1.807) is 7.11 Å². The Hall–Kier alpha value is -1.93. The van der Waals surface area contributed by atoms with Crippen LogP contribution in [-0.4, -0.2) is 72.9 Å². The molecule has 1 aliphatic heterocycles. The second kappa shape index (κ2) is 12.4. The fourth-order valence-electron chi connectivity index (χ4n) is 3.19. The number of likely N-dealkylation sites (tertiary alicyclic amines) is 1. The number of piperidine rings is 1. The Morgan fingerprint density at radius 3 is 2.27 bits per heavy atom. The topological polar surface area (TPSA) is 116 Å². The lowest BCUT2D eigenvalue weighted by molar-refractivity contribution is -0.159. The molecule has 0 radical (unpaired) electrons. The van der Waals surface area contributed by atoms with E-state index in [1.807, 2.05) is 0 Å². The van der Waals surface area contributed by atoms with Gasteiger partial charge in [-0.25, -0.2) is 9.59 Å². The van der Waals surface area contributed by atoms with Gasteiger partial charge in [0.2, 0.25) is 5.91 Å². The number of carbonyl (C=O) groups is 3. The summed E-state index contributed by atoms with van der Waals surface area (Å²) in [5.41, 5.74) is 0. The molecule has 1 heterocycles. The number of amides is 1. The Morgan fingerprint density at radius 2 is 1.77 bits per heavy atom. The number of methoxy groups -OCH3 is 1. The van der Waals surface area contributed by atoms with Crippen molar-refractivity contribution in [1.29, 1.82) is 0 Å². The van der Waals surface area contributed by atoms with Gasteiger partial charge in [-0.15, -0.1) is 0 Å². The van der Waals surface area contributed by atoms with E-state index in [0.717, 1.165) is 31.8 Å². The van der Waals surface area contributed by atoms with Crippen LogP contribution in [0.25, 0.3) is 0 Å². The first-order valence-electron chi connectivity index (χ1n) is 9.04. The number of nitrogens with one attached hydrogen (secondary N) is 1. The number of ether oxygens (including phenoxy) is 1. The first kappa shape index (κ1) is 22.1. The van der Waals surface area contributed by atoms with E-state index in [4.69, 9.17) is 24.5 Å². The first-order chi connectivity index (χ1) is 12.4. The van der Waals surface area contributed by atoms with Crippen LogP contribution in [-0.2, 0) is 19.1 Å². The molecule has 1 aliphatic carbocycles. The average Bonchev–Trinajstić information content (AvgIpc) is 2.64. The number of allylic oxidation sites excluding steroid dienone is 2. The first-order valence-corrected chi connectivity index (χ1v) is 9.04. The van der Waals surface area contributed by atoms with Crippen molar-refractivity contribution < 1.29 is 29.3 Å². The van der Waals surface area contributed by atoms with Crippen molar-refractivity contribution in [2.24, 2.45) is 11.8 Å². The Morgan fingerprint density at radius 1 is 1.12 bits per heavy atom. The molecule has 1 fully saturated rings. The van der Waals surface area contributed by atoms with Crippen molar-refractivity contribution in [3.63, 3.8) is 0 Å². The number of aliphatic carboxylic acids is 2. The van der Waals surface area contributed by atoms with Gasteiger partial charge in [-0.3, -0.25) is 4.79 Å². The summed E-state index contributed by atoms with van der Waals surface area (Å²) in [7, 11) is 1.66. The minimum Gasteiger partial charge on any atom is -0.473 e. The summed E-state index contributed by atoms with van der Waals surface area (Å²) in [6.45, 7) is 4.58. The normalized spacial score (nSPS) is 20.7. The third kappa shape index (κ3) is 8.96. The second-order valence-corrected chi connectivity index (χ2v) is 6.62. The van der Waals surface area contributed by atoms with E-state index in [2.05, 4.69) is 22.4 Å². The average molecular weight is 370 g/mol. The minimum atomic E-state index is -1.82. The standard InChI is InChI=1S/C16H28N2O2.C2H2O4/c1-20-12-9-17-16(19)15-7-10-18(11-8-15)13-14-5-3-2-4-6-14;3-1(4)2(5)6/h2-3,14-15H,4-13H2,1H3,(H,17,19);(H,3,4)(H,5,6). The Kier molecular flexibility index (Phi) is 10.6. The molecule has 26 heavy (non-hydrogen) atoms. The van der Waals surface area contributed by atoms with Crippen LogP contribution in [0.1, 0.15) is 32.1 Å². The number of rotatable bonds is 6. The van der Waals surface area contributed by atoms with Gasteiger partial charge in [0.1, 0.15) is 0 Å². The highest BCUT2D eigenvalue weighted by molar-refractivity contribution is 6.27. The van der Waals surface area contributed by atoms with E-state index in [-0.39, 0.29) is 11.8 Å². The number of nitrogens with zero attached hydrogens (tertiary/aromatic N) is 1. The van der Waals surface area contributed by atoms with Crippen LogP contribution >= 0.6 is 0 Å². The second-order valence-electron chi connectivity index (χ2n) is 6.62. The highest BCUT2D eigenvalue weighted by Crippen LogP contribution is 2.23. The van der Waals surface area contributed by atoms with Gasteiger partial charge in [-0.1, -0.05) is 12.2 Å². The Labute approximate surface area is 154 Å². The minimum absolute atomic E-state index is 0.203. The molecule has 0 bridgehead atoms. The van der Waals surface area contributed by atoms with Crippen LogP contribution in [0.3, 0.4) is 0 Å². The van der Waals surface area contributed by atoms with Gasteiger partial charge in [0.25, 0.3) is 0 Å². The molecular weight excluding hydrogens is 340 g/mol. The van der Waals surface area contributed by atoms with Gasteiger partial charge < -0.3 is 25.2 Å². The van der Waals surface area contributed by atoms with Crippen LogP contribution in [0.15, 0.2) is 12.2 Å². The molecule has 0 aromatic heterocycles. The zero-order valence-electron chi connectivity index (χ0n) is 15.4. The summed E-state index contributed by atoms with van der Waals surface area (Å²) in [6, 6.07) is 0. The van der Waals surface area contributed by atoms with Gasteiger partial charge in [-0.05, 0) is 51.1 Å². The van der Waals surface area contributed by atoms with Crippen LogP contribution in [0.2, 0.25) is 0 Å². The van der Waals surface area contributed by atoms with Crippen LogP contribution in [0.5, 0.6) is 0 Å². The fourth-order valence-corrected chi connectivity index (χ4v) is 3.19. The number of hydrogen-bond donors (Lipinski definition) is 3. The quantitative estimate of drug-likeness (QED) is 0.362. The van der Waals surface area contributed by atoms with Crippen molar-refractivity contribution in [2.45, 2.75) is 32.1 Å². The van der Waals surface area contributed by atoms with E-state index in [9.17, 15) is 4.79 Å². The maximum atomic E-state index is 12.0. The smallest absolute Gasteiger partial charge is 0.414 e. The SMILES string of the molecule is COCCNC(=O)C1CCN(CC2CC=CCC2)CC1.O=C(O)C(=O)O. The van der Waals surface area contributed by atoms with Gasteiger partial charge >= 0.3 is 11.9 Å². The number of carbonyl (C=O) groups excluding carboxylic acids is 1. The molecule has 8 nitrogen and oxygen atoms in total. The van der Waals surface area contributed by atoms with Gasteiger partial charge in [0, 0.05) is 26.1 Å². The lowest BCUT2D eigenvalue weighted by Crippen LogP contribution is -2.42. The monoisotopic (exact) mass is 370 g/mol. The molecule has 8 heteroatoms. The third-order valence-electron chi connectivity index (χ3n) is 4.64. The molecule has 148 valence electrons. The van der Waals surface area contributed by atoms with Gasteiger partial charge in [0.05, 0.1) is 6.61 Å². The zero-order chi connectivity index (χ0) is 19.4. The molecule has 1 saturated heterocycles. The molecule has 3 N–H and O–H groups in total. The summed E-state index contributed by atoms with van der Waals surface area (Å²) in [4.78, 5) is 32.7. The van der Waals surface area contributed by atoms with Crippen molar-refractivity contribution >= 4 is 17.8 Å². The Balaban J connectivity index is 0.000000487. The highest BCUT2D eigenvalue weighted by atomic mass is 16.5. The predicted molar refractivity (Wildman–Crippen MR) is 95.8 cm³/mol. The van der Waals surface area contributed by atoms with Crippen molar-refractivity contribution in [3.8, 4) is 0 Å². The lowest BCUT2D eigenvalue weighted by Gasteiger charge is -2.34. The van der Waals surface area contributed by atoms with Crippen molar-refractivity contribution in [1.82, 2.24) is 10.2 Å². The largest absolute Gasteiger partial charge is 0.473 e. The maximum absolute atomic E-state index is 12.0. The number of carboxylic acids is 2. The van der Waals surface area contributed by atoms with E-state index < -0.39 is 11.9 Å². The molecule has 1 unspecified atom stereocenters. The van der Waals surface area contributed by atoms with Gasteiger partial charge in [0.15, 0.2) is 0 Å². The van der Waals surface area contributed by atoms with Gasteiger partial charge in [-0.2, -0.15) is 0 Å². The summed E-state index contributed by atoms with van der Waals surface area (Å²) in [5, 5.41) is 17.7. The predicted octanol–water partition coefficient (Wildman–Crippen LogP) is 0.973. The molecular formula is C18H30N2O6. The highest BCUT2D eigenvalue weighted by Gasteiger charge is 2.26. The molecule has 2 rings (SSSR count). The van der Waals surface area contributed by atoms with Crippen molar-refractivity contribution in [3.05, 3.63) is 12.2 Å². The van der Waals surface area contributed by atoms with Crippen LogP contribution in [0.4, 0.5) is 0 Å². The molecule has 1 amide bonds. The summed E-state index contributed by atoms with van der Waals surface area (Å²) < 4.78 is 4.95. The fraction of sp³-hybridized carbons (Fsp3) is 0.722. The summed E-state index contributed by atoms with van der Waals surface area (Å²) in [6.07, 6.45) is 10.4. The Bertz CT molecular complexity index is 474. The lowest BCUT2D eigenvalue weighted by atomic mass is 9.91. The summed E-state index contributed by atoms with van der Waals surface area (Å²) >= 11 is 0. The molecule has 0 aromatic rings. The number of hydrogen-bond acceptors (Lipinski definition) is 5. The van der Waals surface area contributed by atoms with Crippen molar-refractivity contribution in [2.75, 3.05) is 39.9 Å². The number of carboxylic acid groups (broad SMARTS) is 2. The maximum Gasteiger partial charge on any atom is 0.414 e. The van der Waals surface area contributed by atoms with E-state index >= 15 is 0 Å². The zero-order valence-corrected chi connectivity index (χ0v) is 15.4. The van der Waals surface area contributed by atoms with Crippen LogP contribution < -0.4 is 5.32 Å². The summed E-state index contributed by atoms with van der Waals surface area (Å²) in [5.74, 6) is -2.41. The van der Waals surface area contributed by atoms with Crippen LogP contribution in [0, 0.1) is 11.8 Å². The molecule has 2 aliphatic rings. The molecule has 0 saturated carbocycles. The molecule has 0 aromatic carbocycles. The van der Waals surface area contributed by atoms with E-state index in [0.29, 0.717) is 13.2 Å². The molecule has 1 atom stereocenters. The third-order valence-corrected chi connectivity index (χ3v) is 4.64. The molecule has 0 spiro atoms. The van der Waals surface area contributed by atoms with E-state index in [1.165, 1.54) is 25.8 Å².